The van der Waals surface area contributed by atoms with E-state index in [2.05, 4.69) is 29.2 Å². The van der Waals surface area contributed by atoms with Gasteiger partial charge in [-0.2, -0.15) is 0 Å². The zero-order valence-electron chi connectivity index (χ0n) is 14.3. The minimum Gasteiger partial charge on any atom is -0.376 e. The van der Waals surface area contributed by atoms with Crippen molar-refractivity contribution in [3.63, 3.8) is 0 Å². The SMILES string of the molecule is O=C1c2ccccc2CN1C1CCN(CCCc2ccccc2)C1O. The summed E-state index contributed by atoms with van der Waals surface area (Å²) in [6.07, 6.45) is 2.31. The van der Waals surface area contributed by atoms with Gasteiger partial charge < -0.3 is 10.0 Å². The number of rotatable bonds is 5. The van der Waals surface area contributed by atoms with E-state index in [1.807, 2.05) is 35.2 Å². The molecule has 2 aliphatic heterocycles. The van der Waals surface area contributed by atoms with Crippen LogP contribution in [0.1, 0.15) is 34.3 Å². The molecule has 1 N–H and O–H groups in total. The summed E-state index contributed by atoms with van der Waals surface area (Å²) >= 11 is 0. The molecule has 25 heavy (non-hydrogen) atoms. The van der Waals surface area contributed by atoms with E-state index in [9.17, 15) is 9.90 Å². The molecule has 2 aromatic carbocycles. The first-order valence-electron chi connectivity index (χ1n) is 9.09. The topological polar surface area (TPSA) is 43.8 Å². The Kier molecular flexibility index (Phi) is 4.55. The summed E-state index contributed by atoms with van der Waals surface area (Å²) in [4.78, 5) is 16.6. The predicted octanol–water partition coefficient (Wildman–Crippen LogP) is 2.67. The number of nitrogens with zero attached hydrogens (tertiary/aromatic N) is 2. The van der Waals surface area contributed by atoms with E-state index in [0.717, 1.165) is 43.5 Å². The highest BCUT2D eigenvalue weighted by atomic mass is 16.3. The van der Waals surface area contributed by atoms with Crippen molar-refractivity contribution < 1.29 is 9.90 Å². The van der Waals surface area contributed by atoms with Crippen LogP contribution in [-0.2, 0) is 13.0 Å². The molecule has 2 aromatic rings. The number of fused-ring (bicyclic) bond motifs is 1. The lowest BCUT2D eigenvalue weighted by Gasteiger charge is -2.29. The van der Waals surface area contributed by atoms with Crippen molar-refractivity contribution in [2.24, 2.45) is 0 Å². The Morgan fingerprint density at radius 1 is 1.04 bits per heavy atom. The summed E-state index contributed by atoms with van der Waals surface area (Å²) in [5.41, 5.74) is 3.19. The summed E-state index contributed by atoms with van der Waals surface area (Å²) in [7, 11) is 0. The van der Waals surface area contributed by atoms with Crippen LogP contribution in [0.15, 0.2) is 54.6 Å². The van der Waals surface area contributed by atoms with Gasteiger partial charge in [0.2, 0.25) is 0 Å². The van der Waals surface area contributed by atoms with Crippen LogP contribution in [-0.4, -0.2) is 46.2 Å². The molecule has 2 unspecified atom stereocenters. The second kappa shape index (κ2) is 6.98. The molecular weight excluding hydrogens is 312 g/mol. The maximum Gasteiger partial charge on any atom is 0.254 e. The highest BCUT2D eigenvalue weighted by molar-refractivity contribution is 5.98. The van der Waals surface area contributed by atoms with Crippen molar-refractivity contribution in [2.75, 3.05) is 13.1 Å². The van der Waals surface area contributed by atoms with E-state index >= 15 is 0 Å². The van der Waals surface area contributed by atoms with Crippen molar-refractivity contribution in [3.05, 3.63) is 71.3 Å². The van der Waals surface area contributed by atoms with Gasteiger partial charge in [0.1, 0.15) is 6.23 Å². The minimum atomic E-state index is -0.561. The number of carbonyl (C=O) groups excluding carboxylic acids is 1. The Balaban J connectivity index is 1.34. The molecule has 0 bridgehead atoms. The molecule has 0 spiro atoms. The maximum atomic E-state index is 12.6. The third-order valence-electron chi connectivity index (χ3n) is 5.43. The number of hydrogen-bond acceptors (Lipinski definition) is 3. The van der Waals surface area contributed by atoms with Crippen LogP contribution in [0, 0.1) is 0 Å². The molecule has 2 aliphatic rings. The Morgan fingerprint density at radius 3 is 2.60 bits per heavy atom. The van der Waals surface area contributed by atoms with E-state index in [1.165, 1.54) is 5.56 Å². The van der Waals surface area contributed by atoms with E-state index in [0.29, 0.717) is 6.54 Å². The molecule has 4 nitrogen and oxygen atoms in total. The average molecular weight is 336 g/mol. The highest BCUT2D eigenvalue weighted by Gasteiger charge is 2.41. The van der Waals surface area contributed by atoms with Crippen molar-refractivity contribution in [1.29, 1.82) is 0 Å². The summed E-state index contributed by atoms with van der Waals surface area (Å²) < 4.78 is 0. The summed E-state index contributed by atoms with van der Waals surface area (Å²) in [5.74, 6) is 0.0609. The average Bonchev–Trinajstić information content (AvgIpc) is 3.17. The Hall–Kier alpha value is -2.17. The quantitative estimate of drug-likeness (QED) is 0.913. The van der Waals surface area contributed by atoms with Gasteiger partial charge in [-0.05, 0) is 36.5 Å². The number of amides is 1. The maximum absolute atomic E-state index is 12.6. The fourth-order valence-corrected chi connectivity index (χ4v) is 4.06. The highest BCUT2D eigenvalue weighted by Crippen LogP contribution is 2.30. The number of carbonyl (C=O) groups is 1. The fraction of sp³-hybridized carbons (Fsp3) is 0.381. The molecule has 0 radical (unpaired) electrons. The number of aliphatic hydroxyl groups excluding tert-OH is 1. The lowest BCUT2D eigenvalue weighted by Crippen LogP contribution is -2.45. The monoisotopic (exact) mass is 336 g/mol. The Labute approximate surface area is 148 Å². The van der Waals surface area contributed by atoms with Crippen LogP contribution in [0.5, 0.6) is 0 Å². The third-order valence-corrected chi connectivity index (χ3v) is 5.43. The molecule has 0 aromatic heterocycles. The van der Waals surface area contributed by atoms with Gasteiger partial charge in [0, 0.05) is 25.2 Å². The van der Waals surface area contributed by atoms with Gasteiger partial charge in [-0.1, -0.05) is 48.5 Å². The van der Waals surface area contributed by atoms with Crippen LogP contribution < -0.4 is 0 Å². The van der Waals surface area contributed by atoms with Crippen molar-refractivity contribution in [3.8, 4) is 0 Å². The van der Waals surface area contributed by atoms with Crippen LogP contribution in [0.3, 0.4) is 0 Å². The van der Waals surface area contributed by atoms with Gasteiger partial charge >= 0.3 is 0 Å². The molecule has 1 fully saturated rings. The van der Waals surface area contributed by atoms with Gasteiger partial charge in [-0.25, -0.2) is 0 Å². The van der Waals surface area contributed by atoms with Gasteiger partial charge in [0.15, 0.2) is 0 Å². The normalized spacial score (nSPS) is 23.2. The molecule has 1 saturated heterocycles. The molecular formula is C21H24N2O2. The smallest absolute Gasteiger partial charge is 0.254 e. The Bertz CT molecular complexity index is 747. The van der Waals surface area contributed by atoms with Gasteiger partial charge in [-0.15, -0.1) is 0 Å². The number of aryl methyl sites for hydroxylation is 1. The summed E-state index contributed by atoms with van der Waals surface area (Å²) in [6, 6.07) is 18.1. The molecule has 1 amide bonds. The van der Waals surface area contributed by atoms with Crippen LogP contribution >= 0.6 is 0 Å². The Morgan fingerprint density at radius 2 is 1.80 bits per heavy atom. The predicted molar refractivity (Wildman–Crippen MR) is 97.1 cm³/mol. The number of aliphatic hydroxyl groups is 1. The van der Waals surface area contributed by atoms with E-state index in [1.54, 1.807) is 0 Å². The standard InChI is InChI=1S/C21H24N2O2/c24-20-18-11-5-4-10-17(18)15-23(20)19-12-14-22(21(19)25)13-6-9-16-7-2-1-3-8-16/h1-5,7-8,10-11,19,21,25H,6,9,12-15H2. The molecule has 4 heteroatoms. The summed E-state index contributed by atoms with van der Waals surface area (Å²) in [5, 5.41) is 10.7. The van der Waals surface area contributed by atoms with Crippen molar-refractivity contribution in [2.45, 2.75) is 38.1 Å². The number of likely N-dealkylation sites (tertiary alicyclic amines) is 1. The van der Waals surface area contributed by atoms with E-state index in [-0.39, 0.29) is 11.9 Å². The van der Waals surface area contributed by atoms with Crippen molar-refractivity contribution in [1.82, 2.24) is 9.80 Å². The van der Waals surface area contributed by atoms with E-state index in [4.69, 9.17) is 0 Å². The zero-order valence-corrected chi connectivity index (χ0v) is 14.3. The van der Waals surface area contributed by atoms with Gasteiger partial charge in [-0.3, -0.25) is 9.69 Å². The molecule has 2 heterocycles. The first-order valence-corrected chi connectivity index (χ1v) is 9.09. The minimum absolute atomic E-state index is 0.0609. The first-order chi connectivity index (χ1) is 12.2. The molecule has 2 atom stereocenters. The second-order valence-corrected chi connectivity index (χ2v) is 6.98. The number of hydrogen-bond donors (Lipinski definition) is 1. The van der Waals surface area contributed by atoms with Crippen LogP contribution in [0.2, 0.25) is 0 Å². The van der Waals surface area contributed by atoms with Crippen molar-refractivity contribution >= 4 is 5.91 Å². The lowest BCUT2D eigenvalue weighted by molar-refractivity contribution is -0.0119. The number of benzene rings is 2. The molecule has 4 rings (SSSR count). The largest absolute Gasteiger partial charge is 0.376 e. The van der Waals surface area contributed by atoms with Crippen LogP contribution in [0.4, 0.5) is 0 Å². The summed E-state index contributed by atoms with van der Waals surface area (Å²) in [6.45, 7) is 2.33. The van der Waals surface area contributed by atoms with E-state index < -0.39 is 6.23 Å². The second-order valence-electron chi connectivity index (χ2n) is 6.98. The lowest BCUT2D eigenvalue weighted by atomic mass is 10.1. The molecule has 130 valence electrons. The van der Waals surface area contributed by atoms with Crippen LogP contribution in [0.25, 0.3) is 0 Å². The van der Waals surface area contributed by atoms with Gasteiger partial charge in [0.05, 0.1) is 6.04 Å². The molecule has 0 saturated carbocycles. The fourth-order valence-electron chi connectivity index (χ4n) is 4.06. The first kappa shape index (κ1) is 16.3. The zero-order chi connectivity index (χ0) is 17.2. The van der Waals surface area contributed by atoms with Gasteiger partial charge in [0.25, 0.3) is 5.91 Å². The molecule has 0 aliphatic carbocycles. The third kappa shape index (κ3) is 3.20.